The second-order valence-corrected chi connectivity index (χ2v) is 9.86. The molecule has 3 rings (SSSR count). The molecule has 0 spiro atoms. The van der Waals surface area contributed by atoms with Gasteiger partial charge in [0.1, 0.15) is 0 Å². The number of carbonyl (C=O) groups is 1. The molecular formula is C18H27ClN4O3S. The van der Waals surface area contributed by atoms with Gasteiger partial charge in [0, 0.05) is 64.1 Å². The molecule has 2 saturated heterocycles. The highest BCUT2D eigenvalue weighted by atomic mass is 35.5. The van der Waals surface area contributed by atoms with E-state index in [-0.39, 0.29) is 18.4 Å². The highest BCUT2D eigenvalue weighted by Gasteiger charge is 2.36. The summed E-state index contributed by atoms with van der Waals surface area (Å²) in [5, 5.41) is 0.704. The number of piperidine rings is 1. The van der Waals surface area contributed by atoms with Crippen molar-refractivity contribution in [2.75, 3.05) is 58.3 Å². The first-order chi connectivity index (χ1) is 12.8. The number of hydrogen-bond acceptors (Lipinski definition) is 4. The molecule has 2 heterocycles. The standard InChI is InChI=1S/C18H27ClN4O3S/c1-20(2)27(25,26)23-8-4-5-15(14-23)18(24)22-11-9-21(10-12-22)17-7-3-6-16(19)13-17/h3,6-7,13,15H,4-5,8-12,14H2,1-2H3. The average Bonchev–Trinajstić information content (AvgIpc) is 2.67. The third-order valence-electron chi connectivity index (χ3n) is 5.29. The fourth-order valence-corrected chi connectivity index (χ4v) is 5.08. The summed E-state index contributed by atoms with van der Waals surface area (Å²) in [6.07, 6.45) is 1.46. The molecule has 1 atom stereocenters. The number of carbonyl (C=O) groups excluding carboxylic acids is 1. The Bertz CT molecular complexity index is 779. The number of piperazine rings is 1. The molecule has 0 aromatic heterocycles. The fourth-order valence-electron chi connectivity index (χ4n) is 3.70. The normalized spacial score (nSPS) is 22.3. The SMILES string of the molecule is CN(C)S(=O)(=O)N1CCCC(C(=O)N2CCN(c3cccc(Cl)c3)CC2)C1. The predicted octanol–water partition coefficient (Wildman–Crippen LogP) is 1.51. The van der Waals surface area contributed by atoms with Gasteiger partial charge in [0.15, 0.2) is 0 Å². The maximum Gasteiger partial charge on any atom is 0.281 e. The van der Waals surface area contributed by atoms with Gasteiger partial charge in [-0.05, 0) is 31.0 Å². The molecule has 0 aliphatic carbocycles. The van der Waals surface area contributed by atoms with Crippen LogP contribution in [0.3, 0.4) is 0 Å². The minimum Gasteiger partial charge on any atom is -0.368 e. The van der Waals surface area contributed by atoms with E-state index in [9.17, 15) is 13.2 Å². The Kier molecular flexibility index (Phi) is 6.30. The molecule has 2 fully saturated rings. The second-order valence-electron chi connectivity index (χ2n) is 7.28. The Morgan fingerprint density at radius 3 is 2.48 bits per heavy atom. The number of benzene rings is 1. The minimum absolute atomic E-state index is 0.0689. The molecule has 150 valence electrons. The summed E-state index contributed by atoms with van der Waals surface area (Å²) in [5.41, 5.74) is 1.07. The van der Waals surface area contributed by atoms with Crippen LogP contribution >= 0.6 is 11.6 Å². The van der Waals surface area contributed by atoms with Crippen molar-refractivity contribution in [3.8, 4) is 0 Å². The quantitative estimate of drug-likeness (QED) is 0.749. The van der Waals surface area contributed by atoms with Crippen molar-refractivity contribution in [2.45, 2.75) is 12.8 Å². The van der Waals surface area contributed by atoms with Crippen molar-refractivity contribution >= 4 is 33.4 Å². The zero-order valence-electron chi connectivity index (χ0n) is 15.8. The number of nitrogens with zero attached hydrogens (tertiary/aromatic N) is 4. The molecule has 2 aliphatic rings. The van der Waals surface area contributed by atoms with E-state index >= 15 is 0 Å². The van der Waals surface area contributed by atoms with Gasteiger partial charge in [-0.1, -0.05) is 17.7 Å². The maximum absolute atomic E-state index is 12.9. The van der Waals surface area contributed by atoms with E-state index in [0.29, 0.717) is 31.1 Å². The summed E-state index contributed by atoms with van der Waals surface area (Å²) >= 11 is 6.07. The second kappa shape index (κ2) is 8.34. The van der Waals surface area contributed by atoms with Crippen LogP contribution in [0.5, 0.6) is 0 Å². The Morgan fingerprint density at radius 2 is 1.85 bits per heavy atom. The highest BCUT2D eigenvalue weighted by molar-refractivity contribution is 7.86. The van der Waals surface area contributed by atoms with Crippen LogP contribution in [0, 0.1) is 5.92 Å². The van der Waals surface area contributed by atoms with Crippen LogP contribution in [0.4, 0.5) is 5.69 Å². The number of anilines is 1. The zero-order chi connectivity index (χ0) is 19.6. The zero-order valence-corrected chi connectivity index (χ0v) is 17.4. The summed E-state index contributed by atoms with van der Waals surface area (Å²) in [6.45, 7) is 3.53. The van der Waals surface area contributed by atoms with Crippen LogP contribution in [-0.2, 0) is 15.0 Å². The van der Waals surface area contributed by atoms with Gasteiger partial charge in [-0.2, -0.15) is 17.0 Å². The Balaban J connectivity index is 1.59. The van der Waals surface area contributed by atoms with Crippen LogP contribution < -0.4 is 4.90 Å². The van der Waals surface area contributed by atoms with Crippen molar-refractivity contribution in [1.29, 1.82) is 0 Å². The van der Waals surface area contributed by atoms with Gasteiger partial charge in [-0.3, -0.25) is 4.79 Å². The number of hydrogen-bond donors (Lipinski definition) is 0. The summed E-state index contributed by atoms with van der Waals surface area (Å²) in [5.74, 6) is -0.189. The first-order valence-corrected chi connectivity index (χ1v) is 11.0. The molecule has 27 heavy (non-hydrogen) atoms. The first kappa shape index (κ1) is 20.4. The van der Waals surface area contributed by atoms with E-state index < -0.39 is 10.2 Å². The lowest BCUT2D eigenvalue weighted by molar-refractivity contribution is -0.137. The molecule has 1 unspecified atom stereocenters. The highest BCUT2D eigenvalue weighted by Crippen LogP contribution is 2.24. The number of amides is 1. The summed E-state index contributed by atoms with van der Waals surface area (Å²) in [4.78, 5) is 17.0. The van der Waals surface area contributed by atoms with Gasteiger partial charge >= 0.3 is 0 Å². The van der Waals surface area contributed by atoms with Gasteiger partial charge in [0.2, 0.25) is 5.91 Å². The molecule has 7 nitrogen and oxygen atoms in total. The first-order valence-electron chi connectivity index (χ1n) is 9.26. The molecule has 0 saturated carbocycles. The Labute approximate surface area is 166 Å². The maximum atomic E-state index is 12.9. The smallest absolute Gasteiger partial charge is 0.281 e. The molecular weight excluding hydrogens is 388 g/mol. The third kappa shape index (κ3) is 4.56. The van der Waals surface area contributed by atoms with Gasteiger partial charge in [-0.15, -0.1) is 0 Å². The minimum atomic E-state index is -3.47. The van der Waals surface area contributed by atoms with E-state index in [2.05, 4.69) is 4.90 Å². The number of halogens is 1. The Hall–Kier alpha value is -1.35. The van der Waals surface area contributed by atoms with Gasteiger partial charge in [0.05, 0.1) is 5.92 Å². The van der Waals surface area contributed by atoms with Crippen molar-refractivity contribution < 1.29 is 13.2 Å². The third-order valence-corrected chi connectivity index (χ3v) is 7.43. The van der Waals surface area contributed by atoms with Crippen LogP contribution in [0.2, 0.25) is 5.02 Å². The van der Waals surface area contributed by atoms with E-state index in [1.165, 1.54) is 22.7 Å². The van der Waals surface area contributed by atoms with E-state index in [1.807, 2.05) is 29.2 Å². The van der Waals surface area contributed by atoms with Gasteiger partial charge < -0.3 is 9.80 Å². The topological polar surface area (TPSA) is 64.2 Å². The lowest BCUT2D eigenvalue weighted by atomic mass is 9.97. The van der Waals surface area contributed by atoms with Crippen molar-refractivity contribution in [3.05, 3.63) is 29.3 Å². The average molecular weight is 415 g/mol. The van der Waals surface area contributed by atoms with Crippen LogP contribution in [-0.4, -0.2) is 81.2 Å². The van der Waals surface area contributed by atoms with Crippen molar-refractivity contribution in [3.63, 3.8) is 0 Å². The van der Waals surface area contributed by atoms with Crippen LogP contribution in [0.15, 0.2) is 24.3 Å². The van der Waals surface area contributed by atoms with E-state index in [4.69, 9.17) is 11.6 Å². The lowest BCUT2D eigenvalue weighted by Gasteiger charge is -2.39. The molecule has 1 amide bonds. The van der Waals surface area contributed by atoms with Crippen molar-refractivity contribution in [1.82, 2.24) is 13.5 Å². The molecule has 0 radical (unpaired) electrons. The van der Waals surface area contributed by atoms with E-state index in [1.54, 1.807) is 0 Å². The molecule has 0 N–H and O–H groups in total. The Morgan fingerprint density at radius 1 is 1.15 bits per heavy atom. The monoisotopic (exact) mass is 414 g/mol. The molecule has 2 aliphatic heterocycles. The van der Waals surface area contributed by atoms with Crippen molar-refractivity contribution in [2.24, 2.45) is 5.92 Å². The molecule has 0 bridgehead atoms. The summed E-state index contributed by atoms with van der Waals surface area (Å²) in [6, 6.07) is 7.73. The fraction of sp³-hybridized carbons (Fsp3) is 0.611. The summed E-state index contributed by atoms with van der Waals surface area (Å²) < 4.78 is 27.4. The molecule has 9 heteroatoms. The summed E-state index contributed by atoms with van der Waals surface area (Å²) in [7, 11) is -0.424. The van der Waals surface area contributed by atoms with Crippen LogP contribution in [0.25, 0.3) is 0 Å². The lowest BCUT2D eigenvalue weighted by Crippen LogP contribution is -2.54. The van der Waals surface area contributed by atoms with Crippen LogP contribution in [0.1, 0.15) is 12.8 Å². The molecule has 1 aromatic carbocycles. The number of rotatable bonds is 4. The molecule has 1 aromatic rings. The predicted molar refractivity (Wildman–Crippen MR) is 107 cm³/mol. The van der Waals surface area contributed by atoms with Gasteiger partial charge in [0.25, 0.3) is 10.2 Å². The van der Waals surface area contributed by atoms with E-state index in [0.717, 1.165) is 25.2 Å². The van der Waals surface area contributed by atoms with Gasteiger partial charge in [-0.25, -0.2) is 0 Å². The largest absolute Gasteiger partial charge is 0.368 e.